The minimum absolute atomic E-state index is 5.81. The van der Waals surface area contributed by atoms with Crippen LogP contribution in [0.5, 0.6) is 0 Å². The van der Waals surface area contributed by atoms with Crippen LogP contribution in [0.25, 0.3) is 0 Å². The van der Waals surface area contributed by atoms with E-state index in [-0.39, 0.29) is 0 Å². The molecule has 0 unspecified atom stereocenters. The van der Waals surface area contributed by atoms with Crippen LogP contribution in [0.1, 0.15) is 0 Å². The summed E-state index contributed by atoms with van der Waals surface area (Å²) in [5.41, 5.74) is 0. The third kappa shape index (κ3) is 178. The zero-order valence-corrected chi connectivity index (χ0v) is 4.57. The molecule has 0 radical (unpaired) electrons. The van der Waals surface area contributed by atoms with E-state index in [2.05, 4.69) is 0 Å². The Hall–Kier alpha value is -0.254. The first-order valence-electron chi connectivity index (χ1n) is 0.591. The molecule has 0 atom stereocenters. The van der Waals surface area contributed by atoms with Gasteiger partial charge < -0.3 is 0 Å². The molecular formula is NO3Os-. The van der Waals surface area contributed by atoms with Crippen LogP contribution in [0.15, 0.2) is 0 Å². The molecule has 0 rings (SSSR count). The first-order chi connectivity index (χ1) is 2.00. The van der Waals surface area contributed by atoms with Crippen molar-refractivity contribution in [3.8, 4) is 0 Å². The SMILES string of the molecule is [N]#[Os-](=[O])(=[O])=[O]. The van der Waals surface area contributed by atoms with Gasteiger partial charge >= 0.3 is 29.0 Å². The molecule has 0 aliphatic carbocycles. The van der Waals surface area contributed by atoms with Gasteiger partial charge in [-0.2, -0.15) is 0 Å². The molecule has 0 N–H and O–H groups in total. The molecule has 0 aromatic rings. The molecule has 0 amide bonds. The van der Waals surface area contributed by atoms with E-state index in [4.69, 9.17) is 14.5 Å². The van der Waals surface area contributed by atoms with Crippen LogP contribution in [0.2, 0.25) is 0 Å². The summed E-state index contributed by atoms with van der Waals surface area (Å²) in [5.74, 6) is 0. The Bertz CT molecular complexity index is 252. The Morgan fingerprint density at radius 1 is 1.20 bits per heavy atom. The molecule has 0 saturated carbocycles. The van der Waals surface area contributed by atoms with Crippen molar-refractivity contribution in [2.75, 3.05) is 0 Å². The van der Waals surface area contributed by atoms with Gasteiger partial charge in [0, 0.05) is 0 Å². The van der Waals surface area contributed by atoms with E-state index in [1.165, 1.54) is 0 Å². The summed E-state index contributed by atoms with van der Waals surface area (Å²) in [7, 11) is 0. The molecule has 0 saturated heterocycles. The van der Waals surface area contributed by atoms with E-state index in [1.807, 2.05) is 0 Å². The van der Waals surface area contributed by atoms with Gasteiger partial charge in [-0.25, -0.2) is 0 Å². The molecular weight excluding hydrogens is 252 g/mol. The number of hydrogen-bond acceptors (Lipinski definition) is 4. The molecule has 4 nitrogen and oxygen atoms in total. The van der Waals surface area contributed by atoms with Gasteiger partial charge in [-0.15, -0.1) is 0 Å². The maximum atomic E-state index is 8.74. The second kappa shape index (κ2) is 0.856. The van der Waals surface area contributed by atoms with E-state index in [9.17, 15) is 0 Å². The molecule has 5 heteroatoms. The summed E-state index contributed by atoms with van der Waals surface area (Å²) in [6.07, 6.45) is 0. The van der Waals surface area contributed by atoms with Crippen LogP contribution >= 0.6 is 0 Å². The monoisotopic (exact) mass is 254 g/mol. The molecule has 0 aliphatic rings. The summed E-state index contributed by atoms with van der Waals surface area (Å²) in [6.45, 7) is 0. The molecule has 0 aromatic heterocycles. The topological polar surface area (TPSA) is 75.0 Å². The van der Waals surface area contributed by atoms with Crippen LogP contribution in [0.3, 0.4) is 0 Å². The van der Waals surface area contributed by atoms with E-state index in [1.54, 1.807) is 0 Å². The second-order valence-corrected chi connectivity index (χ2v) is 3.03. The van der Waals surface area contributed by atoms with E-state index >= 15 is 0 Å². The van der Waals surface area contributed by atoms with Crippen molar-refractivity contribution in [1.29, 1.82) is 3.88 Å². The number of hydrogen-bond donors (Lipinski definition) is 0. The molecule has 0 aromatic carbocycles. The van der Waals surface area contributed by atoms with Gasteiger partial charge in [0.15, 0.2) is 0 Å². The molecule has 0 heterocycles. The maximum absolute atomic E-state index is 8.74. The Labute approximate surface area is 29.8 Å². The van der Waals surface area contributed by atoms with E-state index in [0.717, 1.165) is 0 Å². The van der Waals surface area contributed by atoms with Gasteiger partial charge in [-0.05, 0) is 0 Å². The standard InChI is InChI=1S/N.3O.Os/q;;;;-1. The number of rotatable bonds is 0. The van der Waals surface area contributed by atoms with Crippen LogP contribution in [0, 0.1) is 3.88 Å². The molecule has 0 aliphatic heterocycles. The van der Waals surface area contributed by atoms with Gasteiger partial charge in [-0.1, -0.05) is 0 Å². The minimum atomic E-state index is -5.81. The van der Waals surface area contributed by atoms with Gasteiger partial charge in [0.25, 0.3) is 0 Å². The fraction of sp³-hybridized carbons (Fsp3) is 0. The Balaban J connectivity index is 6.61. The van der Waals surface area contributed by atoms with Gasteiger partial charge in [0.1, 0.15) is 0 Å². The molecule has 0 bridgehead atoms. The van der Waals surface area contributed by atoms with Crippen molar-refractivity contribution >= 4 is 0 Å². The first kappa shape index (κ1) is 4.75. The zero-order chi connectivity index (χ0) is 4.50. The van der Waals surface area contributed by atoms with Crippen LogP contribution in [-0.2, 0) is 25.1 Å². The molecule has 32 valence electrons. The van der Waals surface area contributed by atoms with E-state index in [0.29, 0.717) is 0 Å². The predicted molar refractivity (Wildman–Crippen MR) is 3.78 cm³/mol. The van der Waals surface area contributed by atoms with E-state index < -0.39 is 14.5 Å². The predicted octanol–water partition coefficient (Wildman–Crippen LogP) is -0.344. The fourth-order valence-electron chi connectivity index (χ4n) is 0. The van der Waals surface area contributed by atoms with Crippen molar-refractivity contribution < 1.29 is 25.1 Å². The first-order valence-corrected chi connectivity index (χ1v) is 4.84. The van der Waals surface area contributed by atoms with Gasteiger partial charge in [0.05, 0.1) is 0 Å². The second-order valence-electron chi connectivity index (χ2n) is 0.370. The average Bonchev–Trinajstić information content (AvgIpc) is 0.722. The average molecular weight is 252 g/mol. The van der Waals surface area contributed by atoms with Crippen LogP contribution in [0.4, 0.5) is 0 Å². The molecule has 0 spiro atoms. The molecule has 5 heavy (non-hydrogen) atoms. The van der Waals surface area contributed by atoms with Crippen LogP contribution < -0.4 is 0 Å². The summed E-state index contributed by atoms with van der Waals surface area (Å²) in [6, 6.07) is 0. The molecule has 0 fully saturated rings. The summed E-state index contributed by atoms with van der Waals surface area (Å²) < 4.78 is 33.3. The fourth-order valence-corrected chi connectivity index (χ4v) is 0. The van der Waals surface area contributed by atoms with Crippen molar-refractivity contribution in [3.63, 3.8) is 0 Å². The normalized spacial score (nSPS) is 11.0. The third-order valence-corrected chi connectivity index (χ3v) is 0. The van der Waals surface area contributed by atoms with Crippen molar-refractivity contribution in [2.24, 2.45) is 0 Å². The van der Waals surface area contributed by atoms with Crippen LogP contribution in [-0.4, -0.2) is 0 Å². The van der Waals surface area contributed by atoms with Gasteiger partial charge in [0.2, 0.25) is 0 Å². The van der Waals surface area contributed by atoms with Gasteiger partial charge in [-0.3, -0.25) is 0 Å². The van der Waals surface area contributed by atoms with Crippen molar-refractivity contribution in [1.82, 2.24) is 0 Å². The third-order valence-electron chi connectivity index (χ3n) is 0. The van der Waals surface area contributed by atoms with Crippen molar-refractivity contribution in [3.05, 3.63) is 0 Å². The summed E-state index contributed by atoms with van der Waals surface area (Å²) >= 11 is -5.81. The Kier molecular flexibility index (Phi) is 0.812. The number of nitrogens with zero attached hydrogens (tertiary/aromatic N) is 1. The van der Waals surface area contributed by atoms with Crippen molar-refractivity contribution in [2.45, 2.75) is 0 Å². The Morgan fingerprint density at radius 2 is 1.20 bits per heavy atom. The Morgan fingerprint density at radius 3 is 1.20 bits per heavy atom. The summed E-state index contributed by atoms with van der Waals surface area (Å²) in [5, 5.41) is 0. The summed E-state index contributed by atoms with van der Waals surface area (Å²) in [4.78, 5) is 0. The quantitative estimate of drug-likeness (QED) is 0.591. The zero-order valence-electron chi connectivity index (χ0n) is 2.03.